The molecule has 0 spiro atoms. The van der Waals surface area contributed by atoms with Gasteiger partial charge in [0, 0.05) is 54.7 Å². The largest absolute Gasteiger partial charge is 0.372 e. The summed E-state index contributed by atoms with van der Waals surface area (Å²) in [6.45, 7) is 3.57. The molecule has 0 aromatic carbocycles. The molecule has 8 heteroatoms. The molecule has 4 rings (SSSR count). The van der Waals surface area contributed by atoms with Gasteiger partial charge in [0.25, 0.3) is 0 Å². The highest BCUT2D eigenvalue weighted by Gasteiger charge is 2.24. The number of aryl methyl sites for hydroxylation is 1. The average Bonchev–Trinajstić information content (AvgIpc) is 3.31. The Morgan fingerprint density at radius 2 is 2.27 bits per heavy atom. The van der Waals surface area contributed by atoms with Crippen LogP contribution in [0.5, 0.6) is 0 Å². The molecule has 0 bridgehead atoms. The summed E-state index contributed by atoms with van der Waals surface area (Å²) >= 11 is 7.05. The summed E-state index contributed by atoms with van der Waals surface area (Å²) in [4.78, 5) is 5.15. The van der Waals surface area contributed by atoms with Gasteiger partial charge in [0.1, 0.15) is 11.1 Å². The summed E-state index contributed by atoms with van der Waals surface area (Å²) in [5.41, 5.74) is 3.18. The summed E-state index contributed by atoms with van der Waals surface area (Å²) in [6.07, 6.45) is 4.79. The zero-order chi connectivity index (χ0) is 18.1. The van der Waals surface area contributed by atoms with Gasteiger partial charge in [-0.15, -0.1) is 22.7 Å². The highest BCUT2D eigenvalue weighted by molar-refractivity contribution is 9.11. The van der Waals surface area contributed by atoms with E-state index >= 15 is 0 Å². The van der Waals surface area contributed by atoms with E-state index in [-0.39, 0.29) is 0 Å². The molecular weight excluding hydrogens is 430 g/mol. The highest BCUT2D eigenvalue weighted by Crippen LogP contribution is 2.37. The van der Waals surface area contributed by atoms with E-state index in [1.165, 1.54) is 19.1 Å². The molecule has 0 fully saturated rings. The van der Waals surface area contributed by atoms with Gasteiger partial charge in [-0.1, -0.05) is 0 Å². The van der Waals surface area contributed by atoms with Gasteiger partial charge in [-0.05, 0) is 40.0 Å². The van der Waals surface area contributed by atoms with Gasteiger partial charge in [0.05, 0.1) is 15.5 Å². The first-order chi connectivity index (χ1) is 12.6. The molecule has 0 unspecified atom stereocenters. The van der Waals surface area contributed by atoms with Crippen molar-refractivity contribution in [2.24, 2.45) is 7.05 Å². The van der Waals surface area contributed by atoms with Crippen LogP contribution in [0, 0.1) is 11.3 Å². The van der Waals surface area contributed by atoms with Crippen molar-refractivity contribution in [1.29, 1.82) is 5.26 Å². The Balaban J connectivity index is 1.48. The zero-order valence-corrected chi connectivity index (χ0v) is 17.5. The Labute approximate surface area is 169 Å². The molecule has 1 aliphatic heterocycles. The van der Waals surface area contributed by atoms with E-state index in [4.69, 9.17) is 0 Å². The smallest absolute Gasteiger partial charge is 0.107 e. The minimum absolute atomic E-state index is 0.689. The minimum Gasteiger partial charge on any atom is -0.372 e. The van der Waals surface area contributed by atoms with E-state index in [1.54, 1.807) is 27.4 Å². The number of thiophene rings is 2. The third-order valence-corrected chi connectivity index (χ3v) is 7.25. The van der Waals surface area contributed by atoms with Gasteiger partial charge in [-0.3, -0.25) is 9.58 Å². The van der Waals surface area contributed by atoms with Crippen molar-refractivity contribution in [3.63, 3.8) is 0 Å². The van der Waals surface area contributed by atoms with Crippen LogP contribution in [0.2, 0.25) is 0 Å². The molecule has 0 saturated carbocycles. The standard InChI is InChI=1S/C18H18BrN5S2/c1-23-9-12(8-22-23)7-21-18-15(6-20)14-4-5-24(11-16(14)26-18)10-13-2-3-17(19)25-13/h2-3,8-9,21H,4-5,7,10-11H2,1H3. The van der Waals surface area contributed by atoms with Crippen molar-refractivity contribution in [1.82, 2.24) is 14.7 Å². The van der Waals surface area contributed by atoms with Crippen molar-refractivity contribution in [2.45, 2.75) is 26.1 Å². The molecular formula is C18H18BrN5S2. The van der Waals surface area contributed by atoms with Gasteiger partial charge in [-0.25, -0.2) is 0 Å². The van der Waals surface area contributed by atoms with Crippen LogP contribution in [-0.2, 0) is 33.1 Å². The molecule has 4 heterocycles. The van der Waals surface area contributed by atoms with Crippen molar-refractivity contribution in [2.75, 3.05) is 11.9 Å². The molecule has 26 heavy (non-hydrogen) atoms. The first-order valence-electron chi connectivity index (χ1n) is 8.35. The maximum Gasteiger partial charge on any atom is 0.107 e. The average molecular weight is 448 g/mol. The number of rotatable bonds is 5. The van der Waals surface area contributed by atoms with Crippen LogP contribution in [0.15, 0.2) is 28.3 Å². The van der Waals surface area contributed by atoms with Crippen molar-refractivity contribution >= 4 is 43.6 Å². The lowest BCUT2D eigenvalue weighted by atomic mass is 10.0. The van der Waals surface area contributed by atoms with Crippen molar-refractivity contribution in [3.8, 4) is 6.07 Å². The predicted molar refractivity (Wildman–Crippen MR) is 109 cm³/mol. The summed E-state index contributed by atoms with van der Waals surface area (Å²) in [7, 11) is 1.91. The zero-order valence-electron chi connectivity index (χ0n) is 14.3. The number of hydrogen-bond acceptors (Lipinski definition) is 6. The molecule has 0 atom stereocenters. The maximum atomic E-state index is 9.65. The monoisotopic (exact) mass is 447 g/mol. The van der Waals surface area contributed by atoms with Crippen LogP contribution >= 0.6 is 38.6 Å². The highest BCUT2D eigenvalue weighted by atomic mass is 79.9. The molecule has 134 valence electrons. The van der Waals surface area contributed by atoms with Crippen LogP contribution in [0.25, 0.3) is 0 Å². The fourth-order valence-electron chi connectivity index (χ4n) is 3.24. The third kappa shape index (κ3) is 3.71. The third-order valence-electron chi connectivity index (χ3n) is 4.47. The second kappa shape index (κ2) is 7.53. The number of nitrogens with one attached hydrogen (secondary N) is 1. The number of halogens is 1. The van der Waals surface area contributed by atoms with Gasteiger partial charge >= 0.3 is 0 Å². The Morgan fingerprint density at radius 1 is 1.38 bits per heavy atom. The predicted octanol–water partition coefficient (Wildman–Crippen LogP) is 4.35. The normalized spacial score (nSPS) is 14.2. The second-order valence-electron chi connectivity index (χ2n) is 6.36. The Bertz CT molecular complexity index is 965. The molecule has 1 aliphatic rings. The molecule has 0 saturated heterocycles. The Hall–Kier alpha value is -1.66. The SMILES string of the molecule is Cn1cc(CNc2sc3c(c2C#N)CCN(Cc2ccc(Br)s2)C3)cn1. The molecule has 3 aromatic rings. The van der Waals surface area contributed by atoms with E-state index in [9.17, 15) is 5.26 Å². The summed E-state index contributed by atoms with van der Waals surface area (Å²) < 4.78 is 2.97. The minimum atomic E-state index is 0.689. The molecule has 5 nitrogen and oxygen atoms in total. The first-order valence-corrected chi connectivity index (χ1v) is 10.8. The van der Waals surface area contributed by atoms with Gasteiger partial charge < -0.3 is 5.32 Å². The van der Waals surface area contributed by atoms with E-state index in [2.05, 4.69) is 49.4 Å². The van der Waals surface area contributed by atoms with Gasteiger partial charge in [0.15, 0.2) is 0 Å². The van der Waals surface area contributed by atoms with Crippen LogP contribution in [0.4, 0.5) is 5.00 Å². The summed E-state index contributed by atoms with van der Waals surface area (Å²) in [6, 6.07) is 6.70. The fourth-order valence-corrected chi connectivity index (χ4v) is 6.00. The quantitative estimate of drug-likeness (QED) is 0.631. The number of aromatic nitrogens is 2. The fraction of sp³-hybridized carbons (Fsp3) is 0.333. The lowest BCUT2D eigenvalue weighted by Gasteiger charge is -2.26. The lowest BCUT2D eigenvalue weighted by Crippen LogP contribution is -2.29. The summed E-state index contributed by atoms with van der Waals surface area (Å²) in [5, 5.41) is 18.3. The Kier molecular flexibility index (Phi) is 5.14. The van der Waals surface area contributed by atoms with Crippen LogP contribution in [-0.4, -0.2) is 21.2 Å². The molecule has 0 amide bonds. The lowest BCUT2D eigenvalue weighted by molar-refractivity contribution is 0.251. The van der Waals surface area contributed by atoms with E-state index < -0.39 is 0 Å². The summed E-state index contributed by atoms with van der Waals surface area (Å²) in [5.74, 6) is 0. The van der Waals surface area contributed by atoms with Crippen LogP contribution in [0.3, 0.4) is 0 Å². The van der Waals surface area contributed by atoms with Gasteiger partial charge in [0.2, 0.25) is 0 Å². The van der Waals surface area contributed by atoms with E-state index in [0.29, 0.717) is 6.54 Å². The maximum absolute atomic E-state index is 9.65. The molecule has 1 N–H and O–H groups in total. The number of nitrogens with zero attached hydrogens (tertiary/aromatic N) is 4. The molecule has 0 aliphatic carbocycles. The van der Waals surface area contributed by atoms with Crippen LogP contribution < -0.4 is 5.32 Å². The van der Waals surface area contributed by atoms with Crippen molar-refractivity contribution in [3.05, 3.63) is 54.8 Å². The van der Waals surface area contributed by atoms with E-state index in [1.807, 2.05) is 19.4 Å². The number of hydrogen-bond donors (Lipinski definition) is 1. The molecule has 0 radical (unpaired) electrons. The number of anilines is 1. The van der Waals surface area contributed by atoms with Crippen LogP contribution in [0.1, 0.15) is 26.4 Å². The van der Waals surface area contributed by atoms with Gasteiger partial charge in [-0.2, -0.15) is 10.4 Å². The number of fused-ring (bicyclic) bond motifs is 1. The topological polar surface area (TPSA) is 56.9 Å². The van der Waals surface area contributed by atoms with E-state index in [0.717, 1.165) is 42.2 Å². The second-order valence-corrected chi connectivity index (χ2v) is 10.0. The Morgan fingerprint density at radius 3 is 2.96 bits per heavy atom. The number of nitriles is 1. The van der Waals surface area contributed by atoms with Crippen molar-refractivity contribution < 1.29 is 0 Å². The first kappa shape index (κ1) is 17.7. The molecule has 3 aromatic heterocycles.